The number of benzene rings is 2. The number of para-hydroxylation sites is 1. The van der Waals surface area contributed by atoms with Crippen molar-refractivity contribution in [2.45, 2.75) is 11.8 Å². The molecule has 3 aromatic heterocycles. The van der Waals surface area contributed by atoms with Crippen molar-refractivity contribution in [1.29, 1.82) is 0 Å². The predicted octanol–water partition coefficient (Wildman–Crippen LogP) is 6.77. The second-order valence-electron chi connectivity index (χ2n) is 8.22. The highest BCUT2D eigenvalue weighted by Gasteiger charge is 2.39. The number of aryl methyl sites for hydroxylation is 1. The van der Waals surface area contributed by atoms with E-state index in [4.69, 9.17) is 27.9 Å². The Bertz CT molecular complexity index is 1590. The van der Waals surface area contributed by atoms with Crippen molar-refractivity contribution in [3.63, 3.8) is 0 Å². The maximum absolute atomic E-state index is 13.1. The minimum absolute atomic E-state index is 0.0444. The first-order valence-electron chi connectivity index (χ1n) is 10.8. The van der Waals surface area contributed by atoms with Crippen LogP contribution in [0.4, 0.5) is 13.2 Å². The molecule has 11 heteroatoms. The average Bonchev–Trinajstić information content (AvgIpc) is 3.32. The fraction of sp³-hybridized carbons (Fsp3) is 0.115. The number of halogens is 5. The molecule has 3 heterocycles. The molecule has 188 valence electrons. The Morgan fingerprint density at radius 3 is 2.30 bits per heavy atom. The van der Waals surface area contributed by atoms with Crippen LogP contribution in [0.3, 0.4) is 0 Å². The van der Waals surface area contributed by atoms with Gasteiger partial charge in [0.1, 0.15) is 11.4 Å². The molecule has 0 aliphatic carbocycles. The lowest BCUT2D eigenvalue weighted by Gasteiger charge is -2.30. The number of ether oxygens (including phenoxy) is 1. The minimum atomic E-state index is -4.63. The number of hydrogen-bond acceptors (Lipinski definition) is 5. The molecule has 6 nitrogen and oxygen atoms in total. The predicted molar refractivity (Wildman–Crippen MR) is 133 cm³/mol. The molecule has 0 amide bonds. The van der Waals surface area contributed by atoms with E-state index in [2.05, 4.69) is 15.0 Å². The van der Waals surface area contributed by atoms with E-state index in [1.165, 1.54) is 18.6 Å². The number of aromatic nitrogens is 4. The Morgan fingerprint density at radius 2 is 1.68 bits per heavy atom. The van der Waals surface area contributed by atoms with Crippen molar-refractivity contribution in [1.82, 2.24) is 19.5 Å². The van der Waals surface area contributed by atoms with Crippen molar-refractivity contribution >= 4 is 34.1 Å². The van der Waals surface area contributed by atoms with E-state index in [0.29, 0.717) is 27.9 Å². The fourth-order valence-corrected chi connectivity index (χ4v) is 4.59. The third kappa shape index (κ3) is 4.50. The minimum Gasteiger partial charge on any atom is -0.453 e. The summed E-state index contributed by atoms with van der Waals surface area (Å²) in [6.45, 7) is 0. The van der Waals surface area contributed by atoms with E-state index in [1.54, 1.807) is 54.1 Å². The number of hydrogen-bond donors (Lipinski definition) is 1. The molecule has 2 aromatic carbocycles. The molecule has 0 fully saturated rings. The summed E-state index contributed by atoms with van der Waals surface area (Å²) in [5.74, 6) is 0.616. The molecule has 0 spiro atoms. The molecule has 1 unspecified atom stereocenters. The third-order valence-electron chi connectivity index (χ3n) is 5.88. The van der Waals surface area contributed by atoms with E-state index in [0.717, 1.165) is 12.3 Å². The Balaban J connectivity index is 1.69. The van der Waals surface area contributed by atoms with Gasteiger partial charge < -0.3 is 14.4 Å². The van der Waals surface area contributed by atoms with Crippen LogP contribution in [0.15, 0.2) is 79.4 Å². The van der Waals surface area contributed by atoms with Gasteiger partial charge >= 0.3 is 6.18 Å². The maximum Gasteiger partial charge on any atom is 0.433 e. The first-order chi connectivity index (χ1) is 17.6. The van der Waals surface area contributed by atoms with Gasteiger partial charge in [0.15, 0.2) is 16.5 Å². The second-order valence-corrected chi connectivity index (χ2v) is 8.96. The molecule has 0 aliphatic rings. The Hall–Kier alpha value is -3.66. The van der Waals surface area contributed by atoms with E-state index < -0.39 is 17.5 Å². The quantitative estimate of drug-likeness (QED) is 0.247. The lowest BCUT2D eigenvalue weighted by molar-refractivity contribution is -0.141. The van der Waals surface area contributed by atoms with Crippen LogP contribution in [-0.2, 0) is 18.8 Å². The van der Waals surface area contributed by atoms with Gasteiger partial charge in [-0.25, -0.2) is 9.97 Å². The second kappa shape index (κ2) is 9.33. The molecule has 1 atom stereocenters. The summed E-state index contributed by atoms with van der Waals surface area (Å²) in [6.07, 6.45) is -0.738. The average molecular weight is 545 g/mol. The monoisotopic (exact) mass is 544 g/mol. The Morgan fingerprint density at radius 1 is 0.946 bits per heavy atom. The standard InChI is InChI=1S/C26H17Cl2F3N4O2/c1-35-14-32-13-21(35)25(36,16-8-10-20(33-12-16)26(29,30)31)15-7-9-19-18(11-15)22(27)23(24(28)34-19)37-17-5-3-2-4-6-17/h2-14,36H,1H3. The highest BCUT2D eigenvalue weighted by atomic mass is 35.5. The van der Waals surface area contributed by atoms with Crippen molar-refractivity contribution in [2.24, 2.45) is 7.05 Å². The van der Waals surface area contributed by atoms with E-state index in [1.807, 2.05) is 6.07 Å². The van der Waals surface area contributed by atoms with Crippen LogP contribution in [0.25, 0.3) is 10.9 Å². The number of fused-ring (bicyclic) bond motifs is 1. The topological polar surface area (TPSA) is 73.1 Å². The molecule has 0 radical (unpaired) electrons. The van der Waals surface area contributed by atoms with Gasteiger partial charge in [-0.15, -0.1) is 0 Å². The lowest BCUT2D eigenvalue weighted by Crippen LogP contribution is -2.31. The lowest BCUT2D eigenvalue weighted by atomic mass is 9.83. The van der Waals surface area contributed by atoms with Gasteiger partial charge in [0, 0.05) is 24.2 Å². The Labute approximate surface area is 218 Å². The molecule has 0 aliphatic heterocycles. The Kier molecular flexibility index (Phi) is 6.31. The van der Waals surface area contributed by atoms with Gasteiger partial charge in [0.2, 0.25) is 0 Å². The molecule has 5 aromatic rings. The van der Waals surface area contributed by atoms with E-state index in [9.17, 15) is 18.3 Å². The summed E-state index contributed by atoms with van der Waals surface area (Å²) >= 11 is 13.1. The molecular weight excluding hydrogens is 528 g/mol. The number of rotatable bonds is 5. The first kappa shape index (κ1) is 25.0. The zero-order valence-corrected chi connectivity index (χ0v) is 20.6. The van der Waals surface area contributed by atoms with Crippen LogP contribution >= 0.6 is 23.2 Å². The van der Waals surface area contributed by atoms with Gasteiger partial charge in [0.25, 0.3) is 0 Å². The largest absolute Gasteiger partial charge is 0.453 e. The number of aliphatic hydroxyl groups is 1. The van der Waals surface area contributed by atoms with Crippen LogP contribution in [0, 0.1) is 0 Å². The van der Waals surface area contributed by atoms with Gasteiger partial charge in [-0.2, -0.15) is 13.2 Å². The molecular formula is C26H17Cl2F3N4O2. The zero-order valence-electron chi connectivity index (χ0n) is 19.0. The van der Waals surface area contributed by atoms with Crippen LogP contribution in [0.1, 0.15) is 22.5 Å². The number of pyridine rings is 2. The maximum atomic E-state index is 13.1. The number of nitrogens with zero attached hydrogens (tertiary/aromatic N) is 4. The van der Waals surface area contributed by atoms with E-state index in [-0.39, 0.29) is 21.5 Å². The highest BCUT2D eigenvalue weighted by molar-refractivity contribution is 6.40. The summed E-state index contributed by atoms with van der Waals surface area (Å²) < 4.78 is 46.9. The molecule has 0 bridgehead atoms. The molecule has 0 saturated heterocycles. The summed E-state index contributed by atoms with van der Waals surface area (Å²) in [5.41, 5.74) is -1.89. The summed E-state index contributed by atoms with van der Waals surface area (Å²) in [7, 11) is 1.66. The smallest absolute Gasteiger partial charge is 0.433 e. The number of alkyl halides is 3. The van der Waals surface area contributed by atoms with Crippen LogP contribution < -0.4 is 4.74 Å². The molecule has 37 heavy (non-hydrogen) atoms. The van der Waals surface area contributed by atoms with E-state index >= 15 is 0 Å². The number of imidazole rings is 1. The van der Waals surface area contributed by atoms with Gasteiger partial charge in [-0.05, 0) is 35.9 Å². The molecule has 0 saturated carbocycles. The third-order valence-corrected chi connectivity index (χ3v) is 6.51. The first-order valence-corrected chi connectivity index (χ1v) is 11.6. The summed E-state index contributed by atoms with van der Waals surface area (Å²) in [6, 6.07) is 15.6. The summed E-state index contributed by atoms with van der Waals surface area (Å²) in [4.78, 5) is 12.0. The van der Waals surface area contributed by atoms with Gasteiger partial charge in [-0.3, -0.25) is 4.98 Å². The zero-order chi connectivity index (χ0) is 26.4. The normalized spacial score (nSPS) is 13.5. The van der Waals surface area contributed by atoms with Crippen molar-refractivity contribution in [3.8, 4) is 11.5 Å². The van der Waals surface area contributed by atoms with Crippen LogP contribution in [0.5, 0.6) is 11.5 Å². The SMILES string of the molecule is Cn1cncc1C(O)(c1ccc(C(F)(F)F)nc1)c1ccc2nc(Cl)c(Oc3ccccc3)c(Cl)c2c1. The molecule has 5 rings (SSSR count). The van der Waals surface area contributed by atoms with Gasteiger partial charge in [-0.1, -0.05) is 53.5 Å². The fourth-order valence-electron chi connectivity index (χ4n) is 4.04. The van der Waals surface area contributed by atoms with Crippen molar-refractivity contribution < 1.29 is 23.0 Å². The van der Waals surface area contributed by atoms with Crippen LogP contribution in [-0.4, -0.2) is 24.6 Å². The van der Waals surface area contributed by atoms with Crippen molar-refractivity contribution in [2.75, 3.05) is 0 Å². The summed E-state index contributed by atoms with van der Waals surface area (Å²) in [5, 5.41) is 12.7. The highest BCUT2D eigenvalue weighted by Crippen LogP contribution is 2.43. The molecule has 1 N–H and O–H groups in total. The van der Waals surface area contributed by atoms with Crippen molar-refractivity contribution in [3.05, 3.63) is 112 Å². The van der Waals surface area contributed by atoms with Gasteiger partial charge in [0.05, 0.1) is 28.8 Å². The van der Waals surface area contributed by atoms with Crippen LogP contribution in [0.2, 0.25) is 10.2 Å².